The zero-order valence-corrected chi connectivity index (χ0v) is 11.6. The van der Waals surface area contributed by atoms with Crippen molar-refractivity contribution >= 4 is 17.7 Å². The Bertz CT molecular complexity index is 545. The second-order valence-electron chi connectivity index (χ2n) is 4.43. The number of nitro groups is 1. The molecule has 0 heterocycles. The van der Waals surface area contributed by atoms with Gasteiger partial charge >= 0.3 is 12.0 Å². The maximum absolute atomic E-state index is 11.5. The van der Waals surface area contributed by atoms with Crippen molar-refractivity contribution in [1.82, 2.24) is 10.6 Å². The van der Waals surface area contributed by atoms with Crippen molar-refractivity contribution in [2.75, 3.05) is 6.54 Å². The van der Waals surface area contributed by atoms with Crippen LogP contribution in [0.4, 0.5) is 10.5 Å². The van der Waals surface area contributed by atoms with Crippen molar-refractivity contribution in [1.29, 1.82) is 0 Å². The largest absolute Gasteiger partial charge is 0.481 e. The van der Waals surface area contributed by atoms with E-state index in [1.165, 1.54) is 6.07 Å². The van der Waals surface area contributed by atoms with E-state index in [9.17, 15) is 19.7 Å². The number of benzene rings is 1. The molecule has 0 saturated carbocycles. The Hall–Kier alpha value is -2.64. The minimum atomic E-state index is -0.913. The molecular weight excluding hydrogens is 278 g/mol. The van der Waals surface area contributed by atoms with Crippen LogP contribution in [-0.2, 0) is 11.3 Å². The highest BCUT2D eigenvalue weighted by molar-refractivity contribution is 5.74. The predicted molar refractivity (Wildman–Crippen MR) is 74.9 cm³/mol. The van der Waals surface area contributed by atoms with E-state index in [0.717, 1.165) is 0 Å². The monoisotopic (exact) mass is 295 g/mol. The molecule has 0 atom stereocenters. The van der Waals surface area contributed by atoms with Crippen LogP contribution in [0, 0.1) is 17.0 Å². The molecule has 8 heteroatoms. The van der Waals surface area contributed by atoms with Gasteiger partial charge in [-0.3, -0.25) is 14.9 Å². The quantitative estimate of drug-likeness (QED) is 0.400. The lowest BCUT2D eigenvalue weighted by Gasteiger charge is -2.09. The number of urea groups is 1. The van der Waals surface area contributed by atoms with Crippen molar-refractivity contribution in [3.8, 4) is 0 Å². The van der Waals surface area contributed by atoms with Crippen LogP contribution in [0.15, 0.2) is 18.2 Å². The van der Waals surface area contributed by atoms with Crippen LogP contribution in [0.2, 0.25) is 0 Å². The van der Waals surface area contributed by atoms with Gasteiger partial charge in [0.25, 0.3) is 5.69 Å². The molecule has 0 unspecified atom stereocenters. The lowest BCUT2D eigenvalue weighted by atomic mass is 10.1. The van der Waals surface area contributed by atoms with Gasteiger partial charge in [-0.05, 0) is 18.9 Å². The summed E-state index contributed by atoms with van der Waals surface area (Å²) in [5.74, 6) is -0.913. The summed E-state index contributed by atoms with van der Waals surface area (Å²) < 4.78 is 0. The average Bonchev–Trinajstić information content (AvgIpc) is 2.42. The Kier molecular flexibility index (Phi) is 6.12. The van der Waals surface area contributed by atoms with E-state index in [4.69, 9.17) is 5.11 Å². The van der Waals surface area contributed by atoms with Gasteiger partial charge in [0.15, 0.2) is 0 Å². The lowest BCUT2D eigenvalue weighted by Crippen LogP contribution is -2.35. The fourth-order valence-electron chi connectivity index (χ4n) is 1.74. The average molecular weight is 295 g/mol. The van der Waals surface area contributed by atoms with Crippen molar-refractivity contribution < 1.29 is 19.6 Å². The van der Waals surface area contributed by atoms with Gasteiger partial charge in [-0.15, -0.1) is 0 Å². The van der Waals surface area contributed by atoms with Gasteiger partial charge in [0.05, 0.1) is 4.92 Å². The van der Waals surface area contributed by atoms with Gasteiger partial charge in [0.1, 0.15) is 0 Å². The third-order valence-electron chi connectivity index (χ3n) is 2.91. The van der Waals surface area contributed by atoms with E-state index < -0.39 is 16.9 Å². The standard InChI is InChI=1S/C13H17N3O5/c1-9-10(4-2-5-11(9)16(20)21)8-15-13(19)14-7-3-6-12(17)18/h2,4-5H,3,6-8H2,1H3,(H,17,18)(H2,14,15,19). The summed E-state index contributed by atoms with van der Waals surface area (Å²) in [6, 6.07) is 4.23. The third kappa shape index (κ3) is 5.47. The van der Waals surface area contributed by atoms with Crippen molar-refractivity contribution in [3.63, 3.8) is 0 Å². The Morgan fingerprint density at radius 1 is 1.33 bits per heavy atom. The summed E-state index contributed by atoms with van der Waals surface area (Å²) in [7, 11) is 0. The van der Waals surface area contributed by atoms with Crippen LogP contribution in [0.25, 0.3) is 0 Å². The molecule has 0 spiro atoms. The van der Waals surface area contributed by atoms with Gasteiger partial charge in [0.2, 0.25) is 0 Å². The number of nitro benzene ring substituents is 1. The molecule has 8 nitrogen and oxygen atoms in total. The van der Waals surface area contributed by atoms with Gasteiger partial charge in [0, 0.05) is 31.1 Å². The molecule has 0 aliphatic heterocycles. The smallest absolute Gasteiger partial charge is 0.315 e. The number of hydrogen-bond donors (Lipinski definition) is 3. The second-order valence-corrected chi connectivity index (χ2v) is 4.43. The molecule has 0 bridgehead atoms. The first kappa shape index (κ1) is 16.4. The van der Waals surface area contributed by atoms with Crippen LogP contribution in [0.3, 0.4) is 0 Å². The van der Waals surface area contributed by atoms with Crippen LogP contribution in [0.5, 0.6) is 0 Å². The number of hydrogen-bond acceptors (Lipinski definition) is 4. The molecule has 0 radical (unpaired) electrons. The molecule has 1 aromatic carbocycles. The Morgan fingerprint density at radius 2 is 2.05 bits per heavy atom. The van der Waals surface area contributed by atoms with Crippen molar-refractivity contribution in [3.05, 3.63) is 39.4 Å². The number of carboxylic acids is 1. The van der Waals surface area contributed by atoms with E-state index in [-0.39, 0.29) is 25.2 Å². The fraction of sp³-hybridized carbons (Fsp3) is 0.385. The number of rotatable bonds is 7. The van der Waals surface area contributed by atoms with E-state index in [2.05, 4.69) is 10.6 Å². The number of nitrogens with one attached hydrogen (secondary N) is 2. The molecule has 3 N–H and O–H groups in total. The minimum Gasteiger partial charge on any atom is -0.481 e. The minimum absolute atomic E-state index is 0.00965. The number of aliphatic carboxylic acids is 1. The molecule has 0 aliphatic rings. The number of carboxylic acid groups (broad SMARTS) is 1. The van der Waals surface area contributed by atoms with E-state index in [0.29, 0.717) is 17.5 Å². The zero-order valence-electron chi connectivity index (χ0n) is 11.6. The first-order chi connectivity index (χ1) is 9.91. The SMILES string of the molecule is Cc1c(CNC(=O)NCCCC(=O)O)cccc1[N+](=O)[O-]. The number of nitrogens with zero attached hydrogens (tertiary/aromatic N) is 1. The zero-order chi connectivity index (χ0) is 15.8. The highest BCUT2D eigenvalue weighted by Crippen LogP contribution is 2.20. The summed E-state index contributed by atoms with van der Waals surface area (Å²) >= 11 is 0. The molecule has 1 rings (SSSR count). The molecule has 0 saturated heterocycles. The first-order valence-corrected chi connectivity index (χ1v) is 6.38. The normalized spacial score (nSPS) is 9.95. The van der Waals surface area contributed by atoms with E-state index >= 15 is 0 Å². The van der Waals surface area contributed by atoms with Crippen LogP contribution in [0.1, 0.15) is 24.0 Å². The topological polar surface area (TPSA) is 122 Å². The van der Waals surface area contributed by atoms with E-state index in [1.54, 1.807) is 19.1 Å². The molecule has 2 amide bonds. The summed E-state index contributed by atoms with van der Waals surface area (Å²) in [6.45, 7) is 2.05. The number of carbonyl (C=O) groups is 2. The van der Waals surface area contributed by atoms with Gasteiger partial charge < -0.3 is 15.7 Å². The predicted octanol–water partition coefficient (Wildman–Crippen LogP) is 1.57. The maximum Gasteiger partial charge on any atom is 0.315 e. The van der Waals surface area contributed by atoms with Crippen molar-refractivity contribution in [2.45, 2.75) is 26.3 Å². The summed E-state index contributed by atoms with van der Waals surface area (Å²) in [5.41, 5.74) is 1.18. The maximum atomic E-state index is 11.5. The van der Waals surface area contributed by atoms with E-state index in [1.807, 2.05) is 0 Å². The Morgan fingerprint density at radius 3 is 2.67 bits per heavy atom. The fourth-order valence-corrected chi connectivity index (χ4v) is 1.74. The molecule has 0 aromatic heterocycles. The molecular formula is C13H17N3O5. The first-order valence-electron chi connectivity index (χ1n) is 6.38. The highest BCUT2D eigenvalue weighted by atomic mass is 16.6. The third-order valence-corrected chi connectivity index (χ3v) is 2.91. The number of amides is 2. The molecule has 114 valence electrons. The second kappa shape index (κ2) is 7.83. The van der Waals surface area contributed by atoms with Crippen LogP contribution >= 0.6 is 0 Å². The van der Waals surface area contributed by atoms with Crippen LogP contribution < -0.4 is 10.6 Å². The van der Waals surface area contributed by atoms with Gasteiger partial charge in [-0.25, -0.2) is 4.79 Å². The lowest BCUT2D eigenvalue weighted by molar-refractivity contribution is -0.385. The molecule has 0 aliphatic carbocycles. The van der Waals surface area contributed by atoms with Crippen molar-refractivity contribution in [2.24, 2.45) is 0 Å². The summed E-state index contributed by atoms with van der Waals surface area (Å²) in [4.78, 5) is 32.1. The number of carbonyl (C=O) groups excluding carboxylic acids is 1. The van der Waals surface area contributed by atoms with Crippen LogP contribution in [-0.4, -0.2) is 28.6 Å². The van der Waals surface area contributed by atoms with Gasteiger partial charge in [-0.1, -0.05) is 12.1 Å². The van der Waals surface area contributed by atoms with Gasteiger partial charge in [-0.2, -0.15) is 0 Å². The summed E-state index contributed by atoms with van der Waals surface area (Å²) in [5, 5.41) is 24.3. The Balaban J connectivity index is 2.45. The molecule has 21 heavy (non-hydrogen) atoms. The Labute approximate surface area is 121 Å². The molecule has 1 aromatic rings. The summed E-state index contributed by atoms with van der Waals surface area (Å²) in [6.07, 6.45) is 0.336. The highest BCUT2D eigenvalue weighted by Gasteiger charge is 2.13. The molecule has 0 fully saturated rings.